The normalized spacial score (nSPS) is 19.7. The lowest BCUT2D eigenvalue weighted by atomic mass is 9.96. The van der Waals surface area contributed by atoms with E-state index in [1.54, 1.807) is 23.5 Å². The standard InChI is InChI=1S/C20H32N4O2S.HI/c1-21-20(23-18-10-4-2-5-11-18)22-16-17-9-8-12-19(15-17)27(25,26)24-13-6-3-7-14-24;/h8-9,12,15,18H,2-7,10-11,13-14,16H2,1H3,(H2,21,22,23);1H. The quantitative estimate of drug-likeness (QED) is 0.354. The molecule has 8 heteroatoms. The number of sulfonamides is 1. The molecule has 1 aliphatic carbocycles. The summed E-state index contributed by atoms with van der Waals surface area (Å²) in [7, 11) is -1.62. The van der Waals surface area contributed by atoms with Crippen LogP contribution in [-0.4, -0.2) is 44.9 Å². The van der Waals surface area contributed by atoms with Gasteiger partial charge in [0.2, 0.25) is 10.0 Å². The molecule has 2 aliphatic rings. The average Bonchev–Trinajstić information content (AvgIpc) is 2.72. The number of nitrogens with one attached hydrogen (secondary N) is 2. The molecule has 0 amide bonds. The zero-order valence-electron chi connectivity index (χ0n) is 16.7. The molecule has 1 aromatic rings. The third-order valence-electron chi connectivity index (χ3n) is 5.48. The highest BCUT2D eigenvalue weighted by Crippen LogP contribution is 2.21. The first kappa shape index (κ1) is 23.4. The van der Waals surface area contributed by atoms with Crippen LogP contribution in [-0.2, 0) is 16.6 Å². The van der Waals surface area contributed by atoms with Crippen molar-refractivity contribution in [3.63, 3.8) is 0 Å². The summed E-state index contributed by atoms with van der Waals surface area (Å²) in [5.74, 6) is 0.784. The van der Waals surface area contributed by atoms with E-state index in [9.17, 15) is 8.42 Å². The van der Waals surface area contributed by atoms with Crippen molar-refractivity contribution in [3.05, 3.63) is 29.8 Å². The Morgan fingerprint density at radius 2 is 1.79 bits per heavy atom. The van der Waals surface area contributed by atoms with Gasteiger partial charge >= 0.3 is 0 Å². The highest BCUT2D eigenvalue weighted by Gasteiger charge is 2.26. The Bertz CT molecular complexity index is 742. The van der Waals surface area contributed by atoms with Gasteiger partial charge in [-0.25, -0.2) is 8.42 Å². The van der Waals surface area contributed by atoms with Crippen LogP contribution in [0.25, 0.3) is 0 Å². The summed E-state index contributed by atoms with van der Waals surface area (Å²) >= 11 is 0. The van der Waals surface area contributed by atoms with Crippen LogP contribution in [0.5, 0.6) is 0 Å². The lowest BCUT2D eigenvalue weighted by molar-refractivity contribution is 0.346. The van der Waals surface area contributed by atoms with Gasteiger partial charge in [0, 0.05) is 32.7 Å². The number of aliphatic imine (C=N–C) groups is 1. The molecule has 3 rings (SSSR count). The van der Waals surface area contributed by atoms with E-state index in [1.807, 2.05) is 12.1 Å². The van der Waals surface area contributed by atoms with Gasteiger partial charge < -0.3 is 10.6 Å². The van der Waals surface area contributed by atoms with E-state index in [0.29, 0.717) is 30.6 Å². The Balaban J connectivity index is 0.00000280. The van der Waals surface area contributed by atoms with Crippen molar-refractivity contribution in [2.45, 2.75) is 68.8 Å². The number of rotatable bonds is 5. The van der Waals surface area contributed by atoms with Crippen LogP contribution in [0.15, 0.2) is 34.2 Å². The van der Waals surface area contributed by atoms with E-state index in [2.05, 4.69) is 15.6 Å². The smallest absolute Gasteiger partial charge is 0.243 e. The summed E-state index contributed by atoms with van der Waals surface area (Å²) in [5, 5.41) is 6.81. The highest BCUT2D eigenvalue weighted by molar-refractivity contribution is 14.0. The molecule has 28 heavy (non-hydrogen) atoms. The van der Waals surface area contributed by atoms with Gasteiger partial charge in [0.05, 0.1) is 4.90 Å². The van der Waals surface area contributed by atoms with Crippen molar-refractivity contribution in [1.82, 2.24) is 14.9 Å². The van der Waals surface area contributed by atoms with Crippen molar-refractivity contribution < 1.29 is 8.42 Å². The van der Waals surface area contributed by atoms with Gasteiger partial charge in [-0.1, -0.05) is 37.8 Å². The summed E-state index contributed by atoms with van der Waals surface area (Å²) in [6.07, 6.45) is 9.24. The number of nitrogens with zero attached hydrogens (tertiary/aromatic N) is 2. The fourth-order valence-corrected chi connectivity index (χ4v) is 5.48. The molecule has 0 spiro atoms. The van der Waals surface area contributed by atoms with Gasteiger partial charge in [0.15, 0.2) is 5.96 Å². The first-order valence-electron chi connectivity index (χ1n) is 10.2. The van der Waals surface area contributed by atoms with Gasteiger partial charge in [0.1, 0.15) is 0 Å². The Kier molecular flexibility index (Phi) is 9.49. The van der Waals surface area contributed by atoms with Crippen molar-refractivity contribution >= 4 is 40.0 Å². The zero-order valence-corrected chi connectivity index (χ0v) is 19.8. The largest absolute Gasteiger partial charge is 0.354 e. The predicted octanol–water partition coefficient (Wildman–Crippen LogP) is 3.48. The molecule has 1 saturated carbocycles. The molecule has 0 radical (unpaired) electrons. The summed E-state index contributed by atoms with van der Waals surface area (Å²) in [6.45, 7) is 1.81. The predicted molar refractivity (Wildman–Crippen MR) is 125 cm³/mol. The lowest BCUT2D eigenvalue weighted by Crippen LogP contribution is -2.43. The summed E-state index contributed by atoms with van der Waals surface area (Å²) < 4.78 is 27.3. The van der Waals surface area contributed by atoms with Crippen LogP contribution >= 0.6 is 24.0 Å². The molecule has 2 fully saturated rings. The monoisotopic (exact) mass is 520 g/mol. The third-order valence-corrected chi connectivity index (χ3v) is 7.38. The van der Waals surface area contributed by atoms with E-state index in [1.165, 1.54) is 32.1 Å². The third kappa shape index (κ3) is 6.32. The Hall–Kier alpha value is -0.870. The van der Waals surface area contributed by atoms with Crippen molar-refractivity contribution in [1.29, 1.82) is 0 Å². The topological polar surface area (TPSA) is 73.8 Å². The van der Waals surface area contributed by atoms with Gasteiger partial charge in [-0.2, -0.15) is 4.31 Å². The second-order valence-electron chi connectivity index (χ2n) is 7.52. The minimum atomic E-state index is -3.39. The SMILES string of the molecule is CN=C(NCc1cccc(S(=O)(=O)N2CCCCC2)c1)NC1CCCCC1.I. The fraction of sp³-hybridized carbons (Fsp3) is 0.650. The molecule has 0 aromatic heterocycles. The maximum absolute atomic E-state index is 12.9. The van der Waals surface area contributed by atoms with E-state index in [-0.39, 0.29) is 24.0 Å². The molecule has 1 saturated heterocycles. The van der Waals surface area contributed by atoms with Crippen LogP contribution in [0, 0.1) is 0 Å². The van der Waals surface area contributed by atoms with Crippen molar-refractivity contribution in [3.8, 4) is 0 Å². The summed E-state index contributed by atoms with van der Waals surface area (Å²) in [4.78, 5) is 4.70. The van der Waals surface area contributed by atoms with Gasteiger partial charge in [-0.15, -0.1) is 24.0 Å². The number of hydrogen-bond acceptors (Lipinski definition) is 3. The Morgan fingerprint density at radius 3 is 2.46 bits per heavy atom. The molecular formula is C20H33IN4O2S. The van der Waals surface area contributed by atoms with E-state index < -0.39 is 10.0 Å². The van der Waals surface area contributed by atoms with Gasteiger partial charge in [-0.3, -0.25) is 4.99 Å². The van der Waals surface area contributed by atoms with Gasteiger partial charge in [-0.05, 0) is 43.4 Å². The van der Waals surface area contributed by atoms with E-state index >= 15 is 0 Å². The number of guanidine groups is 1. The second-order valence-corrected chi connectivity index (χ2v) is 9.46. The minimum Gasteiger partial charge on any atom is -0.354 e. The van der Waals surface area contributed by atoms with E-state index in [4.69, 9.17) is 0 Å². The van der Waals surface area contributed by atoms with Crippen LogP contribution in [0.1, 0.15) is 56.9 Å². The molecule has 158 valence electrons. The first-order valence-corrected chi connectivity index (χ1v) is 11.6. The number of piperidine rings is 1. The molecule has 1 aliphatic heterocycles. The van der Waals surface area contributed by atoms with Crippen LogP contribution in [0.3, 0.4) is 0 Å². The van der Waals surface area contributed by atoms with Crippen molar-refractivity contribution in [2.75, 3.05) is 20.1 Å². The zero-order chi connectivity index (χ0) is 19.1. The first-order chi connectivity index (χ1) is 13.1. The molecule has 0 bridgehead atoms. The Morgan fingerprint density at radius 1 is 1.11 bits per heavy atom. The van der Waals surface area contributed by atoms with Crippen molar-refractivity contribution in [2.24, 2.45) is 4.99 Å². The van der Waals surface area contributed by atoms with E-state index in [0.717, 1.165) is 30.8 Å². The number of benzene rings is 1. The maximum Gasteiger partial charge on any atom is 0.243 e. The number of hydrogen-bond donors (Lipinski definition) is 2. The van der Waals surface area contributed by atoms with Gasteiger partial charge in [0.25, 0.3) is 0 Å². The average molecular weight is 520 g/mol. The van der Waals surface area contributed by atoms with Crippen LogP contribution in [0.2, 0.25) is 0 Å². The Labute approximate surface area is 186 Å². The second kappa shape index (κ2) is 11.3. The molecule has 1 heterocycles. The number of halogens is 1. The minimum absolute atomic E-state index is 0. The van der Waals surface area contributed by atoms with Crippen LogP contribution < -0.4 is 10.6 Å². The highest BCUT2D eigenvalue weighted by atomic mass is 127. The maximum atomic E-state index is 12.9. The summed E-state index contributed by atoms with van der Waals surface area (Å²) in [6, 6.07) is 7.74. The molecule has 6 nitrogen and oxygen atoms in total. The molecule has 2 N–H and O–H groups in total. The molecule has 0 atom stereocenters. The molecular weight excluding hydrogens is 487 g/mol. The van der Waals surface area contributed by atoms with Crippen LogP contribution in [0.4, 0.5) is 0 Å². The summed E-state index contributed by atoms with van der Waals surface area (Å²) in [5.41, 5.74) is 0.944. The lowest BCUT2D eigenvalue weighted by Gasteiger charge is -2.26. The molecule has 1 aromatic carbocycles. The fourth-order valence-electron chi connectivity index (χ4n) is 3.89. The molecule has 0 unspecified atom stereocenters.